The van der Waals surface area contributed by atoms with Crippen molar-refractivity contribution < 1.29 is 594 Å². The van der Waals surface area contributed by atoms with Gasteiger partial charge in [-0.3, -0.25) is 11.1 Å². The minimum Gasteiger partial charge on any atom is -0.693 e. The molecular formula is C22H40K5N11O14W5Y5-10. The summed E-state index contributed by atoms with van der Waals surface area (Å²) >= 11 is 0. The van der Waals surface area contributed by atoms with Crippen LogP contribution >= 0.6 is 0 Å². The van der Waals surface area contributed by atoms with E-state index in [1.165, 1.54) is 52.3 Å². The van der Waals surface area contributed by atoms with Gasteiger partial charge < -0.3 is 147 Å². The molecule has 62 heavy (non-hydrogen) atoms. The first kappa shape index (κ1) is 179. The minimum atomic E-state index is -1.07. The second kappa shape index (κ2) is 196. The van der Waals surface area contributed by atoms with Crippen LogP contribution in [0.3, 0.4) is 0 Å². The van der Waals surface area contributed by atoms with Crippen LogP contribution in [0.15, 0.2) is 0 Å². The summed E-state index contributed by atoms with van der Waals surface area (Å²) in [5, 5.41) is 24.0. The van der Waals surface area contributed by atoms with Crippen LogP contribution in [0.4, 0.5) is 0 Å². The fourth-order valence-corrected chi connectivity index (χ4v) is 0.577. The van der Waals surface area contributed by atoms with Crippen LogP contribution in [0.2, 0.25) is 0 Å². The number of carboxylic acids is 1. The Morgan fingerprint density at radius 3 is 0.581 bits per heavy atom. The van der Waals surface area contributed by atoms with Gasteiger partial charge in [-0.15, -0.1) is 0 Å². The Labute approximate surface area is 776 Å². The average Bonchev–Trinajstić information content (AvgIpc) is 2.94. The summed E-state index contributed by atoms with van der Waals surface area (Å²) in [6.07, 6.45) is 7.75. The predicted molar refractivity (Wildman–Crippen MR) is 168 cm³/mol. The topological polar surface area (TPSA) is 460 Å². The van der Waals surface area contributed by atoms with E-state index < -0.39 is 29.6 Å². The molecule has 25 nitrogen and oxygen atoms in total. The Kier molecular flexibility index (Phi) is 567. The van der Waals surface area contributed by atoms with Gasteiger partial charge in [-0.25, -0.2) is 0 Å². The molecule has 0 saturated carbocycles. The third-order valence-electron chi connectivity index (χ3n) is 1.60. The number of nitrogens with one attached hydrogen (secondary N) is 9. The molecule has 0 bridgehead atoms. The van der Waals surface area contributed by atoms with Gasteiger partial charge in [0.25, 0.3) is 0 Å². The fourth-order valence-electron chi connectivity index (χ4n) is 0.577. The molecule has 0 rings (SSSR count). The maximum absolute atomic E-state index is 9.63. The van der Waals surface area contributed by atoms with Crippen molar-refractivity contribution in [2.24, 2.45) is 5.73 Å². The fraction of sp³-hybridized carbons (Fsp3) is 0.318. The van der Waals surface area contributed by atoms with Crippen LogP contribution in [-0.4, -0.2) is 124 Å². The van der Waals surface area contributed by atoms with Crippen LogP contribution in [-0.2, 0) is 326 Å². The maximum Gasteiger partial charge on any atom is 1.00 e. The minimum absolute atomic E-state index is 0. The zero-order chi connectivity index (χ0) is 35.9. The number of hydrogen-bond donors (Lipinski definition) is 8. The van der Waals surface area contributed by atoms with Crippen LogP contribution in [0.5, 0.6) is 0 Å². The standard InChI is InChI=1S/4C3H5N2O2.C3H4NO3.C2H3O.CH5N.CHO2.3CH3.5K.H2N.5W.5Y/c4*4-3(7)1-5-2-6;5-2-4-1-3(6)7;1-2-3;1-2;2-1-3;;;;;;;;;;;;;;;;;;;/h4*1H2,(H3,4,5,6,7);1H2,(H,4,5)(H,6,7);1H3;2H2,1H3;(H,2,3);3*1H3;;;;;;1H2;;;;;;;;;;/q6*-1;;4*-1;5*+1;-1;;;;;;;;;;/p-4. The van der Waals surface area contributed by atoms with E-state index in [0.717, 1.165) is 0 Å². The number of aliphatic hydroxyl groups excluding tert-OH is 1. The van der Waals surface area contributed by atoms with Crippen LogP contribution < -0.4 is 289 Å². The first-order chi connectivity index (χ1) is 20.2. The van der Waals surface area contributed by atoms with E-state index in [-0.39, 0.29) is 587 Å². The summed E-state index contributed by atoms with van der Waals surface area (Å²) in [7, 11) is 1.50. The van der Waals surface area contributed by atoms with Gasteiger partial charge in [0, 0.05) is 295 Å². The summed E-state index contributed by atoms with van der Waals surface area (Å²) in [5.41, 5.74) is 29.3. The van der Waals surface area contributed by atoms with Gasteiger partial charge in [0.15, 0.2) is 0 Å². The second-order valence-corrected chi connectivity index (χ2v) is 4.66. The summed E-state index contributed by atoms with van der Waals surface area (Å²) < 4.78 is 0. The summed E-state index contributed by atoms with van der Waals surface area (Å²) in [5.74, 6) is -4.33. The number of carbonyl (C=O) groups is 5. The molecule has 15 N–H and O–H groups in total. The normalized spacial score (nSPS) is 4.69. The zero-order valence-corrected chi connectivity index (χ0v) is 80.4. The number of hydrogen-bond acceptors (Lipinski definition) is 13. The van der Waals surface area contributed by atoms with Crippen molar-refractivity contribution in [1.29, 1.82) is 0 Å². The van der Waals surface area contributed by atoms with Crippen molar-refractivity contribution in [3.63, 3.8) is 0 Å². The molecule has 0 aromatic heterocycles. The maximum atomic E-state index is 9.63. The molecule has 0 fully saturated rings. The smallest absolute Gasteiger partial charge is 0.693 e. The van der Waals surface area contributed by atoms with E-state index >= 15 is 0 Å². The Hall–Kier alpha value is 10.9. The molecule has 0 aliphatic heterocycles. The van der Waals surface area contributed by atoms with Gasteiger partial charge in [-0.2, -0.15) is 39.0 Å². The summed E-state index contributed by atoms with van der Waals surface area (Å²) in [6, 6.07) is 0. The molecule has 0 saturated heterocycles. The number of carboxylic acid groups (broad SMARTS) is 1. The molecule has 0 unspecified atom stereocenters. The van der Waals surface area contributed by atoms with Crippen LogP contribution in [0, 0.1) is 22.3 Å². The summed E-state index contributed by atoms with van der Waals surface area (Å²) in [4.78, 5) is 111. The molecule has 0 aliphatic rings. The molecule has 0 aromatic carbocycles. The molecule has 0 aromatic rings. The van der Waals surface area contributed by atoms with Gasteiger partial charge in [0.05, 0.1) is 30.2 Å². The number of nitrogens with two attached hydrogens (primary N) is 2. The van der Waals surface area contributed by atoms with Gasteiger partial charge >= 0.3 is 263 Å². The van der Waals surface area contributed by atoms with E-state index in [0.29, 0.717) is 6.47 Å². The Morgan fingerprint density at radius 1 is 0.452 bits per heavy atom. The summed E-state index contributed by atoms with van der Waals surface area (Å²) in [6.45, 7) is 0.476. The second-order valence-electron chi connectivity index (χ2n) is 4.66. The number of carbonyl (C=O) groups excluding carboxylic acids is 10. The van der Waals surface area contributed by atoms with Crippen molar-refractivity contribution in [2.45, 2.75) is 6.92 Å². The quantitative estimate of drug-likeness (QED) is 0.0429. The molecule has 0 atom stereocenters. The molecule has 40 heteroatoms. The third-order valence-corrected chi connectivity index (χ3v) is 1.60. The van der Waals surface area contributed by atoms with Crippen molar-refractivity contribution in [1.82, 2.24) is 26.6 Å². The van der Waals surface area contributed by atoms with Crippen molar-refractivity contribution in [3.05, 3.63) is 51.4 Å². The third kappa shape index (κ3) is 363. The Bertz CT molecular complexity index is 701. The number of amides is 9. The van der Waals surface area contributed by atoms with Gasteiger partial charge in [-0.1, -0.05) is 6.47 Å². The van der Waals surface area contributed by atoms with Crippen LogP contribution in [0.25, 0.3) is 29.1 Å². The first-order valence-electron chi connectivity index (χ1n) is 9.76. The number of aliphatic carboxylic acids is 1. The molecule has 0 spiro atoms. The van der Waals surface area contributed by atoms with E-state index in [4.69, 9.17) is 42.7 Å². The predicted octanol–water partition coefficient (Wildman–Crippen LogP) is -18.0. The zero-order valence-electron chi connectivity index (χ0n) is 35.9. The largest absolute Gasteiger partial charge is 1.00 e. The monoisotopic (exact) mass is 2240 g/mol. The number of rotatable bonds is 15. The molecule has 327 valence electrons. The van der Waals surface area contributed by atoms with E-state index in [9.17, 15) is 47.9 Å². The molecular weight excluding hydrogens is 2200 g/mol. The molecule has 9 amide bonds. The molecule has 0 aliphatic carbocycles. The van der Waals surface area contributed by atoms with Gasteiger partial charge in [-0.05, 0) is 7.05 Å². The van der Waals surface area contributed by atoms with Crippen molar-refractivity contribution in [3.8, 4) is 0 Å². The first-order valence-corrected chi connectivity index (χ1v) is 9.76. The van der Waals surface area contributed by atoms with E-state index in [1.807, 2.05) is 26.6 Å². The average molecular weight is 2240 g/mol. The molecule has 0 heterocycles. The molecule has 5 radical (unpaired) electrons. The Balaban J connectivity index is -0.00000000882. The van der Waals surface area contributed by atoms with Crippen LogP contribution in [0.1, 0.15) is 6.92 Å². The SMILES string of the molecule is CN.C[C-]=O.O=[C-]NCC(=O)O.O=[C-]O.[CH3-].[CH3-].[CH3-].[K+].[K+].[K+].[K+].[K+].[NH-]C(=O)CN[C-]=O.[NH-]C(=O)CN[C-]=O.[NH-]C(=O)CN[C-]=O.[NH-]C(=O)CN[C-]=O.[NH2-].[W].[W].[W].[W].[W].[Y].[Y].[Y].[Y].[Y]. The van der Waals surface area contributed by atoms with E-state index in [1.54, 1.807) is 0 Å². The van der Waals surface area contributed by atoms with Gasteiger partial charge in [0.1, 0.15) is 0 Å². The Morgan fingerprint density at radius 2 is 0.548 bits per heavy atom. The van der Waals surface area contributed by atoms with Crippen molar-refractivity contribution >= 4 is 74.4 Å². The van der Waals surface area contributed by atoms with E-state index in [2.05, 4.69) is 5.73 Å². The van der Waals surface area contributed by atoms with Gasteiger partial charge in [0.2, 0.25) is 0 Å². The van der Waals surface area contributed by atoms with Crippen molar-refractivity contribution in [2.75, 3.05) is 39.8 Å².